The van der Waals surface area contributed by atoms with Gasteiger partial charge in [0.2, 0.25) is 0 Å². The van der Waals surface area contributed by atoms with E-state index in [1.807, 2.05) is 6.92 Å². The molecule has 1 atom stereocenters. The average molecular weight is 146 g/mol. The van der Waals surface area contributed by atoms with Crippen LogP contribution in [0.2, 0.25) is 0 Å². The Morgan fingerprint density at radius 2 is 2.20 bits per heavy atom. The van der Waals surface area contributed by atoms with Gasteiger partial charge in [-0.15, -0.1) is 0 Å². The lowest BCUT2D eigenvalue weighted by Gasteiger charge is -2.07. The Balaban J connectivity index is 3.12. The monoisotopic (exact) mass is 146 g/mol. The molecule has 1 unspecified atom stereocenters. The highest BCUT2D eigenvalue weighted by Crippen LogP contribution is 1.86. The molecule has 0 fully saturated rings. The van der Waals surface area contributed by atoms with Crippen molar-refractivity contribution in [3.63, 3.8) is 0 Å². The fourth-order valence-electron chi connectivity index (χ4n) is 0.503. The molecular formula is C7H14O3. The second-order valence-corrected chi connectivity index (χ2v) is 1.91. The number of allylic oxidation sites excluding steroid dienone is 1. The summed E-state index contributed by atoms with van der Waals surface area (Å²) in [6.07, 6.45) is 2.78. The summed E-state index contributed by atoms with van der Waals surface area (Å²) in [4.78, 5) is 0. The van der Waals surface area contributed by atoms with E-state index in [-0.39, 0.29) is 6.61 Å². The van der Waals surface area contributed by atoms with Crippen molar-refractivity contribution in [1.29, 1.82) is 0 Å². The van der Waals surface area contributed by atoms with Crippen molar-refractivity contribution < 1.29 is 14.6 Å². The molecule has 0 rings (SSSR count). The summed E-state index contributed by atoms with van der Waals surface area (Å²) in [6.45, 7) is 2.46. The van der Waals surface area contributed by atoms with Crippen molar-refractivity contribution >= 4 is 0 Å². The van der Waals surface area contributed by atoms with E-state index in [2.05, 4.69) is 4.74 Å². The second-order valence-electron chi connectivity index (χ2n) is 1.91. The van der Waals surface area contributed by atoms with E-state index >= 15 is 0 Å². The van der Waals surface area contributed by atoms with Crippen molar-refractivity contribution in [2.45, 2.75) is 13.0 Å². The fraction of sp³-hybridized carbons (Fsp3) is 0.714. The molecule has 60 valence electrons. The van der Waals surface area contributed by atoms with Crippen LogP contribution in [0, 0.1) is 0 Å². The number of aliphatic hydroxyl groups excluding tert-OH is 1. The lowest BCUT2D eigenvalue weighted by molar-refractivity contribution is 0.0203. The summed E-state index contributed by atoms with van der Waals surface area (Å²) in [5.74, 6) is 0. The molecule has 0 bridgehead atoms. The molecule has 3 nitrogen and oxygen atoms in total. The van der Waals surface area contributed by atoms with Crippen LogP contribution < -0.4 is 0 Å². The van der Waals surface area contributed by atoms with Gasteiger partial charge < -0.3 is 14.6 Å². The quantitative estimate of drug-likeness (QED) is 0.575. The minimum atomic E-state index is -0.527. The van der Waals surface area contributed by atoms with Gasteiger partial charge in [-0.1, -0.05) is 6.08 Å². The molecule has 0 saturated carbocycles. The third-order valence-electron chi connectivity index (χ3n) is 0.880. The first kappa shape index (κ1) is 9.46. The van der Waals surface area contributed by atoms with Gasteiger partial charge in [-0.25, -0.2) is 0 Å². The number of aliphatic hydroxyl groups is 1. The van der Waals surface area contributed by atoms with E-state index in [1.54, 1.807) is 19.4 Å². The van der Waals surface area contributed by atoms with Crippen LogP contribution in [-0.2, 0) is 9.47 Å². The van der Waals surface area contributed by atoms with Gasteiger partial charge in [0.25, 0.3) is 0 Å². The largest absolute Gasteiger partial charge is 0.499 e. The Bertz CT molecular complexity index is 90.9. The molecule has 0 aliphatic rings. The third kappa shape index (κ3) is 5.59. The van der Waals surface area contributed by atoms with Crippen molar-refractivity contribution in [3.05, 3.63) is 12.3 Å². The summed E-state index contributed by atoms with van der Waals surface area (Å²) in [5.41, 5.74) is 0. The number of ether oxygens (including phenoxy) is 2. The lowest BCUT2D eigenvalue weighted by Crippen LogP contribution is -2.19. The smallest absolute Gasteiger partial charge is 0.115 e. The molecule has 1 N–H and O–H groups in total. The van der Waals surface area contributed by atoms with Gasteiger partial charge >= 0.3 is 0 Å². The van der Waals surface area contributed by atoms with E-state index in [4.69, 9.17) is 9.84 Å². The minimum Gasteiger partial charge on any atom is -0.499 e. The summed E-state index contributed by atoms with van der Waals surface area (Å²) in [6, 6.07) is 0. The topological polar surface area (TPSA) is 38.7 Å². The van der Waals surface area contributed by atoms with Crippen LogP contribution in [0.4, 0.5) is 0 Å². The zero-order valence-electron chi connectivity index (χ0n) is 6.41. The molecule has 3 heteroatoms. The maximum Gasteiger partial charge on any atom is 0.115 e. The maximum atomic E-state index is 8.99. The Morgan fingerprint density at radius 1 is 1.50 bits per heavy atom. The third-order valence-corrected chi connectivity index (χ3v) is 0.880. The molecule has 0 heterocycles. The zero-order chi connectivity index (χ0) is 7.82. The van der Waals surface area contributed by atoms with Gasteiger partial charge in [0.05, 0.1) is 12.9 Å². The Hall–Kier alpha value is -0.540. The van der Waals surface area contributed by atoms with Crippen molar-refractivity contribution in [3.8, 4) is 0 Å². The second kappa shape index (κ2) is 6.58. The fourth-order valence-corrected chi connectivity index (χ4v) is 0.503. The molecule has 0 spiro atoms. The van der Waals surface area contributed by atoms with Crippen LogP contribution in [0.1, 0.15) is 6.92 Å². The Morgan fingerprint density at radius 3 is 2.70 bits per heavy atom. The number of methoxy groups -OCH3 is 1. The van der Waals surface area contributed by atoms with E-state index in [0.29, 0.717) is 6.61 Å². The van der Waals surface area contributed by atoms with Crippen LogP contribution in [0.3, 0.4) is 0 Å². The van der Waals surface area contributed by atoms with E-state index in [1.165, 1.54) is 0 Å². The molecular weight excluding hydrogens is 132 g/mol. The average Bonchev–Trinajstić information content (AvgIpc) is 1.89. The van der Waals surface area contributed by atoms with Crippen molar-refractivity contribution in [2.75, 3.05) is 20.3 Å². The van der Waals surface area contributed by atoms with Crippen molar-refractivity contribution in [2.24, 2.45) is 0 Å². The molecule has 0 radical (unpaired) electrons. The summed E-state index contributed by atoms with van der Waals surface area (Å²) in [7, 11) is 1.54. The predicted octanol–water partition coefficient (Wildman–Crippen LogP) is 0.544. The number of rotatable bonds is 5. The van der Waals surface area contributed by atoms with Crippen LogP contribution in [0.5, 0.6) is 0 Å². The van der Waals surface area contributed by atoms with Gasteiger partial charge in [-0.3, -0.25) is 0 Å². The highest BCUT2D eigenvalue weighted by Gasteiger charge is 2.00. The first-order valence-electron chi connectivity index (χ1n) is 3.21. The Labute approximate surface area is 61.3 Å². The maximum absolute atomic E-state index is 8.99. The first-order valence-corrected chi connectivity index (χ1v) is 3.21. The summed E-state index contributed by atoms with van der Waals surface area (Å²) >= 11 is 0. The Kier molecular flexibility index (Phi) is 6.22. The van der Waals surface area contributed by atoms with E-state index in [0.717, 1.165) is 0 Å². The lowest BCUT2D eigenvalue weighted by atomic mass is 10.4. The standard InChI is InChI=1S/C7H14O3/c1-3-4-10-6-7(8)5-9-2/h3-4,7-8H,5-6H2,1-2H3/b4-3-. The molecule has 0 aromatic carbocycles. The van der Waals surface area contributed by atoms with Gasteiger partial charge in [0.1, 0.15) is 12.7 Å². The highest BCUT2D eigenvalue weighted by molar-refractivity contribution is 4.66. The van der Waals surface area contributed by atoms with Crippen LogP contribution in [-0.4, -0.2) is 31.5 Å². The van der Waals surface area contributed by atoms with Crippen LogP contribution in [0.25, 0.3) is 0 Å². The summed E-state index contributed by atoms with van der Waals surface area (Å²) < 4.78 is 9.57. The number of hydrogen-bond donors (Lipinski definition) is 1. The predicted molar refractivity (Wildman–Crippen MR) is 38.6 cm³/mol. The molecule has 10 heavy (non-hydrogen) atoms. The van der Waals surface area contributed by atoms with E-state index < -0.39 is 6.10 Å². The summed E-state index contributed by atoms with van der Waals surface area (Å²) in [5, 5.41) is 8.99. The molecule has 0 saturated heterocycles. The first-order chi connectivity index (χ1) is 4.81. The number of hydrogen-bond acceptors (Lipinski definition) is 3. The molecule has 0 aliphatic carbocycles. The SMILES string of the molecule is C/C=C\OCC(O)COC. The molecule has 0 amide bonds. The van der Waals surface area contributed by atoms with Crippen LogP contribution in [0.15, 0.2) is 12.3 Å². The normalized spacial score (nSPS) is 13.9. The van der Waals surface area contributed by atoms with E-state index in [9.17, 15) is 0 Å². The van der Waals surface area contributed by atoms with Gasteiger partial charge in [0, 0.05) is 7.11 Å². The molecule has 0 aromatic heterocycles. The molecule has 0 aliphatic heterocycles. The van der Waals surface area contributed by atoms with Crippen LogP contribution >= 0.6 is 0 Å². The minimum absolute atomic E-state index is 0.290. The zero-order valence-corrected chi connectivity index (χ0v) is 6.41. The van der Waals surface area contributed by atoms with Gasteiger partial charge in [-0.05, 0) is 6.92 Å². The highest BCUT2D eigenvalue weighted by atomic mass is 16.5. The van der Waals surface area contributed by atoms with Crippen molar-refractivity contribution in [1.82, 2.24) is 0 Å². The van der Waals surface area contributed by atoms with Gasteiger partial charge in [-0.2, -0.15) is 0 Å². The molecule has 0 aromatic rings. The van der Waals surface area contributed by atoms with Gasteiger partial charge in [0.15, 0.2) is 0 Å².